The lowest BCUT2D eigenvalue weighted by molar-refractivity contribution is 0.0594. The highest BCUT2D eigenvalue weighted by molar-refractivity contribution is 7.91. The van der Waals surface area contributed by atoms with Gasteiger partial charge >= 0.3 is 5.97 Å². The Balaban J connectivity index is 2.79. The van der Waals surface area contributed by atoms with Gasteiger partial charge in [-0.25, -0.2) is 13.2 Å². The molecule has 0 amide bonds. The summed E-state index contributed by atoms with van der Waals surface area (Å²) in [6.45, 7) is 3.39. The first kappa shape index (κ1) is 14.5. The third-order valence-corrected chi connectivity index (χ3v) is 4.68. The number of nitrogen functional groups attached to an aromatic ring is 1. The van der Waals surface area contributed by atoms with Gasteiger partial charge in [-0.2, -0.15) is 5.10 Å². The number of nitrogens with zero attached hydrogens (tertiary/aromatic N) is 2. The molecule has 0 aliphatic rings. The van der Waals surface area contributed by atoms with Crippen LogP contribution in [-0.4, -0.2) is 42.3 Å². The number of nitrogens with two attached hydrogens (primary N) is 1. The van der Waals surface area contributed by atoms with Crippen LogP contribution in [0.2, 0.25) is 0 Å². The highest BCUT2D eigenvalue weighted by atomic mass is 32.2. The normalized spacial score (nSPS) is 11.8. The van der Waals surface area contributed by atoms with Crippen molar-refractivity contribution in [3.8, 4) is 0 Å². The molecule has 0 saturated heterocycles. The molecule has 7 nitrogen and oxygen atoms in total. The van der Waals surface area contributed by atoms with E-state index >= 15 is 0 Å². The van der Waals surface area contributed by atoms with Crippen LogP contribution < -0.4 is 5.73 Å². The van der Waals surface area contributed by atoms with Crippen molar-refractivity contribution >= 4 is 21.5 Å². The molecule has 0 saturated carbocycles. The number of hydrogen-bond acceptors (Lipinski definition) is 6. The fourth-order valence-electron chi connectivity index (χ4n) is 1.26. The molecule has 0 fully saturated rings. The molecular formula is C10H17N3O4S. The number of aryl methyl sites for hydroxylation is 1. The van der Waals surface area contributed by atoms with Crippen molar-refractivity contribution in [3.63, 3.8) is 0 Å². The molecule has 0 aromatic carbocycles. The van der Waals surface area contributed by atoms with Gasteiger partial charge in [0.15, 0.2) is 15.5 Å². The van der Waals surface area contributed by atoms with Crippen molar-refractivity contribution in [2.45, 2.75) is 25.6 Å². The van der Waals surface area contributed by atoms with E-state index in [0.29, 0.717) is 0 Å². The van der Waals surface area contributed by atoms with Crippen LogP contribution in [0.3, 0.4) is 0 Å². The monoisotopic (exact) mass is 275 g/mol. The van der Waals surface area contributed by atoms with Gasteiger partial charge < -0.3 is 10.5 Å². The van der Waals surface area contributed by atoms with Crippen LogP contribution in [0.1, 0.15) is 24.3 Å². The van der Waals surface area contributed by atoms with E-state index in [1.807, 2.05) is 0 Å². The molecular weight excluding hydrogens is 258 g/mol. The van der Waals surface area contributed by atoms with Crippen molar-refractivity contribution in [1.82, 2.24) is 9.78 Å². The Morgan fingerprint density at radius 1 is 1.56 bits per heavy atom. The summed E-state index contributed by atoms with van der Waals surface area (Å²) in [5, 5.41) is 3.46. The predicted octanol–water partition coefficient (Wildman–Crippen LogP) is 0.0751. The SMILES string of the molecule is COC(=O)c1nn(CCS(=O)(=O)C(C)C)cc1N. The second-order valence-corrected chi connectivity index (χ2v) is 6.78. The summed E-state index contributed by atoms with van der Waals surface area (Å²) in [7, 11) is -1.92. The molecule has 0 aliphatic heterocycles. The van der Waals surface area contributed by atoms with E-state index in [9.17, 15) is 13.2 Å². The van der Waals surface area contributed by atoms with Gasteiger partial charge in [-0.15, -0.1) is 0 Å². The average Bonchev–Trinajstić information content (AvgIpc) is 2.67. The van der Waals surface area contributed by atoms with Crippen LogP contribution in [0.25, 0.3) is 0 Å². The molecule has 18 heavy (non-hydrogen) atoms. The number of sulfone groups is 1. The standard InChI is InChI=1S/C10H17N3O4S/c1-7(2)18(15,16)5-4-13-6-8(11)9(12-13)10(14)17-3/h6-7H,4-5,11H2,1-3H3. The molecule has 8 heteroatoms. The van der Waals surface area contributed by atoms with Crippen LogP contribution in [-0.2, 0) is 21.1 Å². The highest BCUT2D eigenvalue weighted by Gasteiger charge is 2.18. The molecule has 1 aromatic rings. The summed E-state index contributed by atoms with van der Waals surface area (Å²) in [5.74, 6) is -0.690. The summed E-state index contributed by atoms with van der Waals surface area (Å²) in [5.41, 5.74) is 5.75. The smallest absolute Gasteiger partial charge is 0.360 e. The van der Waals surface area contributed by atoms with Gasteiger partial charge in [0.25, 0.3) is 0 Å². The number of ether oxygens (including phenoxy) is 1. The maximum absolute atomic E-state index is 11.6. The molecule has 0 radical (unpaired) electrons. The zero-order valence-electron chi connectivity index (χ0n) is 10.6. The van der Waals surface area contributed by atoms with Crippen LogP contribution in [0.4, 0.5) is 5.69 Å². The van der Waals surface area contributed by atoms with Crippen LogP contribution in [0.5, 0.6) is 0 Å². The van der Waals surface area contributed by atoms with E-state index in [1.165, 1.54) is 18.0 Å². The van der Waals surface area contributed by atoms with E-state index in [4.69, 9.17) is 5.73 Å². The molecule has 102 valence electrons. The number of methoxy groups -OCH3 is 1. The van der Waals surface area contributed by atoms with E-state index < -0.39 is 21.1 Å². The Morgan fingerprint density at radius 2 is 2.17 bits per heavy atom. The number of aromatic nitrogens is 2. The van der Waals surface area contributed by atoms with Gasteiger partial charge in [-0.1, -0.05) is 0 Å². The number of carbonyl (C=O) groups excluding carboxylic acids is 1. The Kier molecular flexibility index (Phi) is 4.33. The topological polar surface area (TPSA) is 104 Å². The number of esters is 1. The molecule has 0 unspecified atom stereocenters. The average molecular weight is 275 g/mol. The molecule has 0 aliphatic carbocycles. The zero-order chi connectivity index (χ0) is 13.9. The molecule has 2 N–H and O–H groups in total. The van der Waals surface area contributed by atoms with Crippen LogP contribution in [0, 0.1) is 0 Å². The third kappa shape index (κ3) is 3.22. The highest BCUT2D eigenvalue weighted by Crippen LogP contribution is 2.11. The van der Waals surface area contributed by atoms with Crippen molar-refractivity contribution in [2.75, 3.05) is 18.6 Å². The van der Waals surface area contributed by atoms with E-state index in [1.54, 1.807) is 13.8 Å². The predicted molar refractivity (Wildman–Crippen MR) is 66.9 cm³/mol. The zero-order valence-corrected chi connectivity index (χ0v) is 11.4. The Hall–Kier alpha value is -1.57. The maximum Gasteiger partial charge on any atom is 0.360 e. The Bertz CT molecular complexity index is 533. The van der Waals surface area contributed by atoms with Crippen LogP contribution >= 0.6 is 0 Å². The number of anilines is 1. The first-order valence-corrected chi connectivity index (χ1v) is 7.12. The fourth-order valence-corrected chi connectivity index (χ4v) is 2.18. The molecule has 1 aromatic heterocycles. The largest absolute Gasteiger partial charge is 0.464 e. The summed E-state index contributed by atoms with van der Waals surface area (Å²) in [6.07, 6.45) is 1.42. The summed E-state index contributed by atoms with van der Waals surface area (Å²) >= 11 is 0. The van der Waals surface area contributed by atoms with Crippen molar-refractivity contribution in [3.05, 3.63) is 11.9 Å². The molecule has 0 bridgehead atoms. The lowest BCUT2D eigenvalue weighted by Gasteiger charge is -2.07. The first-order valence-electron chi connectivity index (χ1n) is 5.40. The molecule has 0 spiro atoms. The Labute approximate surface area is 106 Å². The fraction of sp³-hybridized carbons (Fsp3) is 0.600. The minimum Gasteiger partial charge on any atom is -0.464 e. The maximum atomic E-state index is 11.6. The molecule has 1 rings (SSSR count). The molecule has 1 heterocycles. The minimum atomic E-state index is -3.14. The van der Waals surface area contributed by atoms with E-state index in [-0.39, 0.29) is 23.7 Å². The summed E-state index contributed by atoms with van der Waals surface area (Å²) in [6, 6.07) is 0. The van der Waals surface area contributed by atoms with Crippen molar-refractivity contribution in [1.29, 1.82) is 0 Å². The van der Waals surface area contributed by atoms with Gasteiger partial charge in [-0.05, 0) is 13.8 Å². The van der Waals surface area contributed by atoms with Gasteiger partial charge in [0.1, 0.15) is 0 Å². The third-order valence-electron chi connectivity index (χ3n) is 2.49. The van der Waals surface area contributed by atoms with Gasteiger partial charge in [0.05, 0.1) is 30.3 Å². The van der Waals surface area contributed by atoms with Gasteiger partial charge in [0, 0.05) is 6.20 Å². The van der Waals surface area contributed by atoms with Crippen molar-refractivity contribution in [2.24, 2.45) is 0 Å². The lowest BCUT2D eigenvalue weighted by Crippen LogP contribution is -2.21. The van der Waals surface area contributed by atoms with Crippen molar-refractivity contribution < 1.29 is 17.9 Å². The van der Waals surface area contributed by atoms with E-state index in [2.05, 4.69) is 9.84 Å². The lowest BCUT2D eigenvalue weighted by atomic mass is 10.4. The quantitative estimate of drug-likeness (QED) is 0.763. The van der Waals surface area contributed by atoms with Crippen LogP contribution in [0.15, 0.2) is 6.20 Å². The molecule has 0 atom stereocenters. The second kappa shape index (κ2) is 5.38. The number of rotatable bonds is 5. The number of carbonyl (C=O) groups is 1. The summed E-state index contributed by atoms with van der Waals surface area (Å²) < 4.78 is 29.1. The summed E-state index contributed by atoms with van der Waals surface area (Å²) in [4.78, 5) is 11.3. The van der Waals surface area contributed by atoms with Gasteiger partial charge in [-0.3, -0.25) is 4.68 Å². The van der Waals surface area contributed by atoms with Gasteiger partial charge in [0.2, 0.25) is 0 Å². The number of hydrogen-bond donors (Lipinski definition) is 1. The second-order valence-electron chi connectivity index (χ2n) is 4.10. The van der Waals surface area contributed by atoms with E-state index in [0.717, 1.165) is 0 Å². The Morgan fingerprint density at radius 3 is 2.67 bits per heavy atom. The first-order chi connectivity index (χ1) is 8.27. The minimum absolute atomic E-state index is 0.000514.